The van der Waals surface area contributed by atoms with Crippen LogP contribution in [0.3, 0.4) is 0 Å². The molecule has 0 spiro atoms. The molecule has 0 N–H and O–H groups in total. The summed E-state index contributed by atoms with van der Waals surface area (Å²) in [7, 11) is 1.48. The van der Waals surface area contributed by atoms with Crippen molar-refractivity contribution < 1.29 is 9.53 Å². The van der Waals surface area contributed by atoms with Crippen molar-refractivity contribution in [2.45, 2.75) is 38.1 Å². The summed E-state index contributed by atoms with van der Waals surface area (Å²) in [6.45, 7) is 4.80. The van der Waals surface area contributed by atoms with E-state index in [-0.39, 0.29) is 5.97 Å². The van der Waals surface area contributed by atoms with Gasteiger partial charge in [-0.1, -0.05) is 0 Å². The van der Waals surface area contributed by atoms with Crippen molar-refractivity contribution in [3.05, 3.63) is 0 Å². The summed E-state index contributed by atoms with van der Waals surface area (Å²) in [5, 5.41) is 0. The quantitative estimate of drug-likeness (QED) is 0.740. The molecule has 1 saturated heterocycles. The van der Waals surface area contributed by atoms with Crippen molar-refractivity contribution in [2.24, 2.45) is 23.7 Å². The molecule has 4 bridgehead atoms. The van der Waals surface area contributed by atoms with Gasteiger partial charge in [-0.3, -0.25) is 14.6 Å². The number of esters is 1. The van der Waals surface area contributed by atoms with Gasteiger partial charge in [0.25, 0.3) is 0 Å². The van der Waals surface area contributed by atoms with E-state index in [2.05, 4.69) is 9.80 Å². The van der Waals surface area contributed by atoms with Crippen LogP contribution >= 0.6 is 0 Å². The minimum absolute atomic E-state index is 0.0990. The summed E-state index contributed by atoms with van der Waals surface area (Å²) in [6, 6.07) is 0.859. The number of methoxy groups -OCH3 is 1. The molecule has 4 saturated carbocycles. The zero-order valence-corrected chi connectivity index (χ0v) is 13.2. The molecule has 0 atom stereocenters. The Hall–Kier alpha value is -0.610. The summed E-state index contributed by atoms with van der Waals surface area (Å²) in [5.41, 5.74) is 0. The minimum Gasteiger partial charge on any atom is -0.468 e. The number of rotatable bonds is 3. The van der Waals surface area contributed by atoms with Gasteiger partial charge in [0.05, 0.1) is 13.7 Å². The highest BCUT2D eigenvalue weighted by Crippen LogP contribution is 2.55. The summed E-state index contributed by atoms with van der Waals surface area (Å²) in [5.74, 6) is 3.98. The van der Waals surface area contributed by atoms with Crippen LogP contribution in [0.15, 0.2) is 0 Å². The highest BCUT2D eigenvalue weighted by Gasteiger charge is 2.50. The van der Waals surface area contributed by atoms with Gasteiger partial charge in [0.2, 0.25) is 0 Å². The first kappa shape index (κ1) is 14.0. The Morgan fingerprint density at radius 3 is 2.05 bits per heavy atom. The standard InChI is InChI=1S/C17H28N2O2/c1-21-16(20)11-18-2-4-19(5-3-18)17-14-7-12-6-13(9-14)10-15(17)8-12/h12-15,17H,2-11H2,1H3. The Balaban J connectivity index is 1.35. The van der Waals surface area contributed by atoms with Crippen molar-refractivity contribution in [3.8, 4) is 0 Å². The van der Waals surface area contributed by atoms with E-state index in [0.717, 1.165) is 55.9 Å². The van der Waals surface area contributed by atoms with Crippen molar-refractivity contribution in [3.63, 3.8) is 0 Å². The molecule has 0 aromatic carbocycles. The van der Waals surface area contributed by atoms with E-state index in [9.17, 15) is 4.79 Å². The molecule has 118 valence electrons. The monoisotopic (exact) mass is 292 g/mol. The van der Waals surface area contributed by atoms with Crippen LogP contribution in [0.2, 0.25) is 0 Å². The molecule has 4 aliphatic carbocycles. The summed E-state index contributed by atoms with van der Waals surface area (Å²) in [6.07, 6.45) is 7.53. The topological polar surface area (TPSA) is 32.8 Å². The molecule has 5 rings (SSSR count). The van der Waals surface area contributed by atoms with Crippen LogP contribution in [0.5, 0.6) is 0 Å². The van der Waals surface area contributed by atoms with Crippen molar-refractivity contribution in [2.75, 3.05) is 39.8 Å². The number of carbonyl (C=O) groups is 1. The molecule has 5 fully saturated rings. The Labute approximate surface area is 127 Å². The minimum atomic E-state index is -0.0990. The molecule has 0 amide bonds. The largest absolute Gasteiger partial charge is 0.468 e. The number of hydrogen-bond donors (Lipinski definition) is 0. The smallest absolute Gasteiger partial charge is 0.319 e. The van der Waals surface area contributed by atoms with Crippen LogP contribution in [-0.2, 0) is 9.53 Å². The molecule has 1 heterocycles. The van der Waals surface area contributed by atoms with Crippen LogP contribution < -0.4 is 0 Å². The van der Waals surface area contributed by atoms with Gasteiger partial charge in [0.1, 0.15) is 0 Å². The predicted molar refractivity (Wildman–Crippen MR) is 80.9 cm³/mol. The SMILES string of the molecule is COC(=O)CN1CCN(C2C3CC4CC(C3)CC2C4)CC1. The molecule has 0 aromatic rings. The van der Waals surface area contributed by atoms with E-state index in [4.69, 9.17) is 4.74 Å². The zero-order valence-electron chi connectivity index (χ0n) is 13.2. The van der Waals surface area contributed by atoms with Gasteiger partial charge in [-0.15, -0.1) is 0 Å². The van der Waals surface area contributed by atoms with Crippen LogP contribution in [0.4, 0.5) is 0 Å². The van der Waals surface area contributed by atoms with Crippen LogP contribution in [0.1, 0.15) is 32.1 Å². The van der Waals surface area contributed by atoms with Gasteiger partial charge >= 0.3 is 5.97 Å². The van der Waals surface area contributed by atoms with Crippen molar-refractivity contribution in [1.29, 1.82) is 0 Å². The normalized spacial score (nSPS) is 43.2. The number of ether oxygens (including phenoxy) is 1. The van der Waals surface area contributed by atoms with Crippen LogP contribution in [0, 0.1) is 23.7 Å². The molecular formula is C17H28N2O2. The third-order valence-electron chi connectivity index (χ3n) is 6.59. The third kappa shape index (κ3) is 2.61. The van der Waals surface area contributed by atoms with E-state index in [0.29, 0.717) is 6.54 Å². The highest BCUT2D eigenvalue weighted by atomic mass is 16.5. The van der Waals surface area contributed by atoms with Gasteiger partial charge in [-0.25, -0.2) is 0 Å². The molecule has 1 aliphatic heterocycles. The second-order valence-electron chi connectivity index (χ2n) is 7.81. The Bertz CT molecular complexity index is 376. The maximum absolute atomic E-state index is 11.4. The molecule has 4 nitrogen and oxygen atoms in total. The lowest BCUT2D eigenvalue weighted by Crippen LogP contribution is -2.60. The lowest BCUT2D eigenvalue weighted by Gasteiger charge is -2.58. The molecule has 5 aliphatic rings. The first-order chi connectivity index (χ1) is 10.2. The molecule has 0 radical (unpaired) electrons. The molecule has 21 heavy (non-hydrogen) atoms. The van der Waals surface area contributed by atoms with Crippen molar-refractivity contribution in [1.82, 2.24) is 9.80 Å². The second-order valence-corrected chi connectivity index (χ2v) is 7.81. The summed E-state index contributed by atoms with van der Waals surface area (Å²) >= 11 is 0. The van der Waals surface area contributed by atoms with E-state index >= 15 is 0 Å². The Kier molecular flexibility index (Phi) is 3.70. The Morgan fingerprint density at radius 2 is 1.52 bits per heavy atom. The molecular weight excluding hydrogens is 264 g/mol. The second kappa shape index (κ2) is 5.54. The average Bonchev–Trinajstić information content (AvgIpc) is 2.47. The lowest BCUT2D eigenvalue weighted by molar-refractivity contribution is -0.143. The molecule has 4 heteroatoms. The van der Waals surface area contributed by atoms with Gasteiger partial charge < -0.3 is 4.74 Å². The number of piperazine rings is 1. The lowest BCUT2D eigenvalue weighted by atomic mass is 9.54. The molecule has 0 aromatic heterocycles. The van der Waals surface area contributed by atoms with Gasteiger partial charge in [-0.2, -0.15) is 0 Å². The summed E-state index contributed by atoms with van der Waals surface area (Å²) < 4.78 is 4.78. The number of hydrogen-bond acceptors (Lipinski definition) is 4. The zero-order chi connectivity index (χ0) is 14.4. The first-order valence-corrected chi connectivity index (χ1v) is 8.76. The number of nitrogens with zero attached hydrogens (tertiary/aromatic N) is 2. The van der Waals surface area contributed by atoms with Crippen LogP contribution in [0.25, 0.3) is 0 Å². The number of carbonyl (C=O) groups excluding carboxylic acids is 1. The van der Waals surface area contributed by atoms with Gasteiger partial charge in [0, 0.05) is 32.2 Å². The maximum atomic E-state index is 11.4. The van der Waals surface area contributed by atoms with Crippen molar-refractivity contribution >= 4 is 5.97 Å². The fourth-order valence-electron chi connectivity index (χ4n) is 5.96. The fraction of sp³-hybridized carbons (Fsp3) is 0.941. The van der Waals surface area contributed by atoms with E-state index in [1.807, 2.05) is 0 Å². The third-order valence-corrected chi connectivity index (χ3v) is 6.59. The van der Waals surface area contributed by atoms with E-state index in [1.54, 1.807) is 0 Å². The fourth-order valence-corrected chi connectivity index (χ4v) is 5.96. The summed E-state index contributed by atoms with van der Waals surface area (Å²) in [4.78, 5) is 16.4. The molecule has 0 unspecified atom stereocenters. The van der Waals surface area contributed by atoms with Gasteiger partial charge in [-0.05, 0) is 55.8 Å². The van der Waals surface area contributed by atoms with E-state index < -0.39 is 0 Å². The van der Waals surface area contributed by atoms with Gasteiger partial charge in [0.15, 0.2) is 0 Å². The highest BCUT2D eigenvalue weighted by molar-refractivity contribution is 5.71. The van der Waals surface area contributed by atoms with Crippen LogP contribution in [-0.4, -0.2) is 61.6 Å². The maximum Gasteiger partial charge on any atom is 0.319 e. The van der Waals surface area contributed by atoms with E-state index in [1.165, 1.54) is 39.2 Å². The average molecular weight is 292 g/mol. The predicted octanol–water partition coefficient (Wildman–Crippen LogP) is 1.60. The first-order valence-electron chi connectivity index (χ1n) is 8.76. The Morgan fingerprint density at radius 1 is 0.952 bits per heavy atom.